The highest BCUT2D eigenvalue weighted by molar-refractivity contribution is 7.16. The van der Waals surface area contributed by atoms with Crippen molar-refractivity contribution in [2.75, 3.05) is 12.4 Å². The van der Waals surface area contributed by atoms with Gasteiger partial charge in [0, 0.05) is 12.5 Å². The number of aryl methyl sites for hydroxylation is 1. The van der Waals surface area contributed by atoms with E-state index in [0.717, 1.165) is 17.8 Å². The summed E-state index contributed by atoms with van der Waals surface area (Å²) in [5, 5.41) is 7.82. The van der Waals surface area contributed by atoms with Gasteiger partial charge in [0.1, 0.15) is 17.4 Å². The summed E-state index contributed by atoms with van der Waals surface area (Å²) in [5.74, 6) is -0.669. The number of para-hydroxylation sites is 2. The van der Waals surface area contributed by atoms with Crippen molar-refractivity contribution >= 4 is 33.9 Å². The van der Waals surface area contributed by atoms with E-state index in [1.54, 1.807) is 48.5 Å². The van der Waals surface area contributed by atoms with Crippen molar-refractivity contribution in [3.8, 4) is 5.75 Å². The van der Waals surface area contributed by atoms with Crippen LogP contribution in [-0.2, 0) is 17.8 Å². The molecule has 0 atom stereocenters. The van der Waals surface area contributed by atoms with Crippen LogP contribution in [-0.4, -0.2) is 33.6 Å². The van der Waals surface area contributed by atoms with E-state index in [1.807, 2.05) is 6.92 Å². The normalized spacial score (nSPS) is 10.8. The van der Waals surface area contributed by atoms with Gasteiger partial charge in [-0.25, -0.2) is 9.78 Å². The maximum Gasteiger partial charge on any atom is 0.340 e. The van der Waals surface area contributed by atoms with Gasteiger partial charge in [0.2, 0.25) is 4.96 Å². The average Bonchev–Trinajstić information content (AvgIpc) is 3.26. The molecule has 34 heavy (non-hydrogen) atoms. The third kappa shape index (κ3) is 4.96. The number of esters is 1. The molecule has 0 radical (unpaired) electrons. The zero-order valence-corrected chi connectivity index (χ0v) is 19.4. The number of amides is 1. The van der Waals surface area contributed by atoms with Crippen LogP contribution >= 0.6 is 11.3 Å². The van der Waals surface area contributed by atoms with Crippen molar-refractivity contribution in [2.45, 2.75) is 26.4 Å². The first-order valence-corrected chi connectivity index (χ1v) is 11.4. The molecule has 1 N–H and O–H groups in total. The van der Waals surface area contributed by atoms with E-state index in [1.165, 1.54) is 29.0 Å². The molecule has 2 aromatic carbocycles. The zero-order chi connectivity index (χ0) is 24.1. The summed E-state index contributed by atoms with van der Waals surface area (Å²) >= 11 is 1.33. The molecule has 4 aromatic rings. The molecule has 174 valence electrons. The molecule has 1 amide bonds. The van der Waals surface area contributed by atoms with Crippen molar-refractivity contribution in [2.24, 2.45) is 0 Å². The lowest BCUT2D eigenvalue weighted by atomic mass is 10.1. The molecule has 2 aromatic heterocycles. The summed E-state index contributed by atoms with van der Waals surface area (Å²) in [4.78, 5) is 42.8. The molecule has 9 nitrogen and oxygen atoms in total. The highest BCUT2D eigenvalue weighted by Crippen LogP contribution is 2.22. The fourth-order valence-corrected chi connectivity index (χ4v) is 4.31. The van der Waals surface area contributed by atoms with E-state index in [0.29, 0.717) is 27.7 Å². The number of anilines is 1. The number of ether oxygens (including phenoxy) is 2. The van der Waals surface area contributed by atoms with Gasteiger partial charge in [-0.1, -0.05) is 42.5 Å². The van der Waals surface area contributed by atoms with Crippen LogP contribution in [0.3, 0.4) is 0 Å². The number of methoxy groups -OCH3 is 1. The largest absolute Gasteiger partial charge is 0.496 e. The minimum Gasteiger partial charge on any atom is -0.496 e. The van der Waals surface area contributed by atoms with E-state index in [4.69, 9.17) is 9.47 Å². The second kappa shape index (κ2) is 10.3. The number of carbonyl (C=O) groups is 2. The lowest BCUT2D eigenvalue weighted by molar-refractivity contribution is 0.0469. The smallest absolute Gasteiger partial charge is 0.340 e. The van der Waals surface area contributed by atoms with Crippen LogP contribution in [0.4, 0.5) is 5.69 Å². The number of rotatable bonds is 8. The molecular formula is C24H22N4O5S. The van der Waals surface area contributed by atoms with E-state index in [-0.39, 0.29) is 17.7 Å². The van der Waals surface area contributed by atoms with E-state index >= 15 is 0 Å². The molecule has 2 heterocycles. The van der Waals surface area contributed by atoms with Gasteiger partial charge < -0.3 is 14.8 Å². The predicted molar refractivity (Wildman–Crippen MR) is 128 cm³/mol. The molecule has 10 heteroatoms. The van der Waals surface area contributed by atoms with Crippen molar-refractivity contribution in [3.05, 3.63) is 86.8 Å². The quantitative estimate of drug-likeness (QED) is 0.384. The van der Waals surface area contributed by atoms with Crippen molar-refractivity contribution in [1.82, 2.24) is 14.6 Å². The number of carbonyl (C=O) groups excluding carboxylic acids is 2. The molecule has 0 aliphatic carbocycles. The van der Waals surface area contributed by atoms with Crippen LogP contribution in [0.2, 0.25) is 0 Å². The molecular weight excluding hydrogens is 456 g/mol. The van der Waals surface area contributed by atoms with Crippen molar-refractivity contribution < 1.29 is 19.1 Å². The standard InChI is InChI=1S/C24H22N4O5S/c1-3-8-20-27-28-21(29)13-15(25-24(28)34-20)14-33-23(31)16-9-4-6-11-18(16)26-22(30)17-10-5-7-12-19(17)32-2/h4-7,9-13H,3,8,14H2,1-2H3,(H,26,30). The van der Waals surface area contributed by atoms with Crippen LogP contribution in [0.5, 0.6) is 5.75 Å². The Balaban J connectivity index is 1.50. The molecule has 0 unspecified atom stereocenters. The predicted octanol–water partition coefficient (Wildman–Crippen LogP) is 3.72. The maximum absolute atomic E-state index is 12.8. The second-order valence-electron chi connectivity index (χ2n) is 7.30. The Morgan fingerprint density at radius 3 is 2.59 bits per heavy atom. The third-order valence-electron chi connectivity index (χ3n) is 4.90. The Bertz CT molecular complexity index is 1410. The fourth-order valence-electron chi connectivity index (χ4n) is 3.29. The molecule has 0 saturated heterocycles. The van der Waals surface area contributed by atoms with Crippen LogP contribution in [0.25, 0.3) is 4.96 Å². The fraction of sp³-hybridized carbons (Fsp3) is 0.208. The molecule has 0 saturated carbocycles. The van der Waals surface area contributed by atoms with Gasteiger partial charge >= 0.3 is 5.97 Å². The highest BCUT2D eigenvalue weighted by Gasteiger charge is 2.18. The number of fused-ring (bicyclic) bond motifs is 1. The maximum atomic E-state index is 12.8. The first kappa shape index (κ1) is 23.1. The summed E-state index contributed by atoms with van der Waals surface area (Å²) in [6.07, 6.45) is 1.67. The summed E-state index contributed by atoms with van der Waals surface area (Å²) in [6.45, 7) is 1.84. The van der Waals surface area contributed by atoms with Crippen LogP contribution in [0, 0.1) is 0 Å². The molecule has 4 rings (SSSR count). The van der Waals surface area contributed by atoms with E-state index in [2.05, 4.69) is 15.4 Å². The van der Waals surface area contributed by atoms with E-state index in [9.17, 15) is 14.4 Å². The van der Waals surface area contributed by atoms with Gasteiger partial charge in [0.15, 0.2) is 0 Å². The van der Waals surface area contributed by atoms with Gasteiger partial charge in [-0.05, 0) is 30.7 Å². The number of benzene rings is 2. The molecule has 0 aliphatic rings. The second-order valence-corrected chi connectivity index (χ2v) is 8.34. The number of hydrogen-bond donors (Lipinski definition) is 1. The zero-order valence-electron chi connectivity index (χ0n) is 18.6. The third-order valence-corrected chi connectivity index (χ3v) is 5.87. The minimum atomic E-state index is -0.658. The van der Waals surface area contributed by atoms with Gasteiger partial charge in [-0.2, -0.15) is 9.61 Å². The Labute approximate surface area is 199 Å². The lowest BCUT2D eigenvalue weighted by Gasteiger charge is -2.12. The van der Waals surface area contributed by atoms with Gasteiger partial charge in [0.05, 0.1) is 29.6 Å². The monoisotopic (exact) mass is 478 g/mol. The Morgan fingerprint density at radius 1 is 1.09 bits per heavy atom. The van der Waals surface area contributed by atoms with Crippen molar-refractivity contribution in [3.63, 3.8) is 0 Å². The Morgan fingerprint density at radius 2 is 1.82 bits per heavy atom. The van der Waals surface area contributed by atoms with Crippen LogP contribution in [0.15, 0.2) is 59.4 Å². The molecule has 0 bridgehead atoms. The number of nitrogens with one attached hydrogen (secondary N) is 1. The lowest BCUT2D eigenvalue weighted by Crippen LogP contribution is -2.18. The Hall–Kier alpha value is -4.05. The van der Waals surface area contributed by atoms with Gasteiger partial charge in [0.25, 0.3) is 11.5 Å². The SMILES string of the molecule is CCCc1nn2c(=O)cc(COC(=O)c3ccccc3NC(=O)c3ccccc3OC)nc2s1. The molecule has 0 aliphatic heterocycles. The minimum absolute atomic E-state index is 0.173. The molecule has 0 fully saturated rings. The topological polar surface area (TPSA) is 112 Å². The van der Waals surface area contributed by atoms with Crippen molar-refractivity contribution in [1.29, 1.82) is 0 Å². The summed E-state index contributed by atoms with van der Waals surface area (Å²) in [6, 6.07) is 14.6. The van der Waals surface area contributed by atoms with Crippen LogP contribution in [0.1, 0.15) is 44.8 Å². The van der Waals surface area contributed by atoms with Crippen LogP contribution < -0.4 is 15.6 Å². The summed E-state index contributed by atoms with van der Waals surface area (Å²) in [5.41, 5.74) is 0.781. The van der Waals surface area contributed by atoms with Gasteiger partial charge in [-0.3, -0.25) is 9.59 Å². The first-order chi connectivity index (χ1) is 16.5. The number of aromatic nitrogens is 3. The molecule has 0 spiro atoms. The summed E-state index contributed by atoms with van der Waals surface area (Å²) in [7, 11) is 1.48. The highest BCUT2D eigenvalue weighted by atomic mass is 32.1. The average molecular weight is 479 g/mol. The van der Waals surface area contributed by atoms with Gasteiger partial charge in [-0.15, -0.1) is 0 Å². The first-order valence-electron chi connectivity index (χ1n) is 10.6. The summed E-state index contributed by atoms with van der Waals surface area (Å²) < 4.78 is 11.9. The number of hydrogen-bond acceptors (Lipinski definition) is 8. The number of nitrogens with zero attached hydrogens (tertiary/aromatic N) is 3. The van der Waals surface area contributed by atoms with E-state index < -0.39 is 11.9 Å². The Kier molecular flexibility index (Phi) is 6.98.